The van der Waals surface area contributed by atoms with Gasteiger partial charge in [0.15, 0.2) is 5.60 Å². The van der Waals surface area contributed by atoms with Crippen LogP contribution in [-0.4, -0.2) is 62.9 Å². The fraction of sp³-hybridized carbons (Fsp3) is 0.651. The Bertz CT molecular complexity index is 1430. The van der Waals surface area contributed by atoms with Crippen LogP contribution in [0.5, 0.6) is 0 Å². The molecule has 2 unspecified atom stereocenters. The Kier molecular flexibility index (Phi) is 11.9. The van der Waals surface area contributed by atoms with Crippen molar-refractivity contribution in [3.05, 3.63) is 71.8 Å². The number of carbonyl (C=O) groups is 3. The summed E-state index contributed by atoms with van der Waals surface area (Å²) >= 11 is 0. The molecule has 0 spiro atoms. The molecule has 51 heavy (non-hydrogen) atoms. The smallest absolute Gasteiger partial charge is 0.312 e. The van der Waals surface area contributed by atoms with Crippen molar-refractivity contribution < 1.29 is 28.6 Å². The summed E-state index contributed by atoms with van der Waals surface area (Å²) in [6.45, 7) is 12.5. The van der Waals surface area contributed by atoms with Crippen molar-refractivity contribution in [2.75, 3.05) is 27.2 Å². The number of hydrogen-bond donors (Lipinski definition) is 0. The second-order valence-electron chi connectivity index (χ2n) is 17.7. The van der Waals surface area contributed by atoms with Gasteiger partial charge in [0.1, 0.15) is 19.5 Å². The van der Waals surface area contributed by atoms with Gasteiger partial charge in [-0.05, 0) is 128 Å². The van der Waals surface area contributed by atoms with Crippen LogP contribution in [0.25, 0.3) is 0 Å². The molecule has 0 aliphatic heterocycles. The van der Waals surface area contributed by atoms with Crippen molar-refractivity contribution >= 4 is 25.2 Å². The maximum atomic E-state index is 14.6. The van der Waals surface area contributed by atoms with Gasteiger partial charge in [0, 0.05) is 11.9 Å². The molecule has 0 heterocycles. The zero-order valence-electron chi connectivity index (χ0n) is 32.5. The highest BCUT2D eigenvalue weighted by molar-refractivity contribution is 6.47. The summed E-state index contributed by atoms with van der Waals surface area (Å²) in [7, 11) is 5.86. The summed E-state index contributed by atoms with van der Waals surface area (Å²) in [5, 5.41) is -0.865. The molecule has 4 aliphatic carbocycles. The fourth-order valence-corrected chi connectivity index (χ4v) is 8.88. The van der Waals surface area contributed by atoms with Gasteiger partial charge in [-0.2, -0.15) is 0 Å². The second kappa shape index (κ2) is 15.5. The quantitative estimate of drug-likeness (QED) is 0.0930. The molecule has 0 saturated heterocycles. The highest BCUT2D eigenvalue weighted by Crippen LogP contribution is 2.58. The lowest BCUT2D eigenvalue weighted by Crippen LogP contribution is -2.54. The Labute approximate surface area is 307 Å². The number of hydrogen-bond acceptors (Lipinski definition) is 7. The molecule has 0 N–H and O–H groups in total. The van der Waals surface area contributed by atoms with E-state index < -0.39 is 27.3 Å². The summed E-state index contributed by atoms with van der Waals surface area (Å²) in [5.74, 6) is 1.08. The van der Waals surface area contributed by atoms with Crippen molar-refractivity contribution in [2.24, 2.45) is 28.6 Å². The third-order valence-electron chi connectivity index (χ3n) is 12.6. The number of rotatable bonds is 17. The van der Waals surface area contributed by atoms with Crippen LogP contribution in [0.4, 0.5) is 0 Å². The lowest BCUT2D eigenvalue weighted by molar-refractivity contribution is -0.196. The predicted molar refractivity (Wildman–Crippen MR) is 202 cm³/mol. The van der Waals surface area contributed by atoms with Gasteiger partial charge < -0.3 is 19.1 Å². The topological polar surface area (TPSA) is 82.1 Å². The summed E-state index contributed by atoms with van der Waals surface area (Å²) in [6.07, 6.45) is 8.31. The summed E-state index contributed by atoms with van der Waals surface area (Å²) in [4.78, 5) is 44.1. The number of benzene rings is 2. The predicted octanol–water partition coefficient (Wildman–Crippen LogP) is 8.63. The zero-order chi connectivity index (χ0) is 37.1. The molecule has 0 aromatic heterocycles. The highest BCUT2D eigenvalue weighted by Gasteiger charge is 2.55. The molecular formula is C43H61BNO6. The minimum atomic E-state index is -0.999. The van der Waals surface area contributed by atoms with Crippen LogP contribution in [0.1, 0.15) is 110 Å². The van der Waals surface area contributed by atoms with E-state index >= 15 is 0 Å². The third kappa shape index (κ3) is 8.92. The molecule has 7 nitrogen and oxygen atoms in total. The first-order valence-electron chi connectivity index (χ1n) is 19.3. The molecule has 2 aromatic carbocycles. The molecule has 1 radical (unpaired) electrons. The van der Waals surface area contributed by atoms with E-state index in [1.165, 1.54) is 19.3 Å². The third-order valence-corrected chi connectivity index (χ3v) is 12.6. The van der Waals surface area contributed by atoms with Crippen molar-refractivity contribution in [1.82, 2.24) is 4.90 Å². The van der Waals surface area contributed by atoms with Crippen molar-refractivity contribution in [1.29, 1.82) is 0 Å². The van der Waals surface area contributed by atoms with Gasteiger partial charge in [-0.25, -0.2) is 0 Å². The summed E-state index contributed by atoms with van der Waals surface area (Å²) in [5.41, 5.74) is -1.49. The van der Waals surface area contributed by atoms with Crippen LogP contribution >= 0.6 is 0 Å². The number of carbonyl (C=O) groups excluding carboxylic acids is 3. The van der Waals surface area contributed by atoms with E-state index in [9.17, 15) is 14.4 Å². The number of esters is 3. The van der Waals surface area contributed by atoms with E-state index in [-0.39, 0.29) is 17.9 Å². The van der Waals surface area contributed by atoms with Gasteiger partial charge in [0.25, 0.3) is 0 Å². The summed E-state index contributed by atoms with van der Waals surface area (Å²) in [6, 6.07) is 19.7. The molecule has 0 amide bonds. The van der Waals surface area contributed by atoms with E-state index in [0.29, 0.717) is 56.5 Å². The Morgan fingerprint density at radius 2 is 1.27 bits per heavy atom. The number of ether oxygens (including phenoxy) is 3. The summed E-state index contributed by atoms with van der Waals surface area (Å²) < 4.78 is 18.9. The van der Waals surface area contributed by atoms with Gasteiger partial charge in [-0.3, -0.25) is 14.4 Å². The largest absolute Gasteiger partial charge is 0.464 e. The molecule has 2 atom stereocenters. The second-order valence-corrected chi connectivity index (χ2v) is 17.7. The minimum absolute atomic E-state index is 0.220. The lowest BCUT2D eigenvalue weighted by Gasteiger charge is -2.56. The molecule has 4 saturated carbocycles. The molecule has 8 heteroatoms. The Hall–Kier alpha value is -3.13. The van der Waals surface area contributed by atoms with Crippen LogP contribution in [0.2, 0.25) is 11.6 Å². The van der Waals surface area contributed by atoms with Gasteiger partial charge in [0.2, 0.25) is 0 Å². The minimum Gasteiger partial charge on any atom is -0.464 e. The molecule has 4 bridgehead atoms. The SMILES string of the molecule is CCC(C)([B]CC(C)(CCC(C)(C)C(=O)OC(C)(c1ccccc1)c1ccccc1)C(=O)OC12CC3CC(CC(C3)C1)C2)C(=O)OCCN(C)C. The van der Waals surface area contributed by atoms with E-state index in [0.717, 1.165) is 30.4 Å². The zero-order valence-corrected chi connectivity index (χ0v) is 32.5. The van der Waals surface area contributed by atoms with Gasteiger partial charge >= 0.3 is 17.9 Å². The van der Waals surface area contributed by atoms with Crippen molar-refractivity contribution in [3.63, 3.8) is 0 Å². The average Bonchev–Trinajstić information content (AvgIpc) is 3.09. The maximum absolute atomic E-state index is 14.6. The lowest BCUT2D eigenvalue weighted by atomic mass is 9.45. The molecule has 4 aliphatic rings. The van der Waals surface area contributed by atoms with E-state index in [1.807, 2.05) is 128 Å². The molecule has 6 rings (SSSR count). The van der Waals surface area contributed by atoms with Gasteiger partial charge in [-0.1, -0.05) is 80.8 Å². The van der Waals surface area contributed by atoms with Crippen LogP contribution in [0.15, 0.2) is 60.7 Å². The molecule has 4 fully saturated rings. The maximum Gasteiger partial charge on any atom is 0.312 e. The van der Waals surface area contributed by atoms with Crippen LogP contribution in [-0.2, 0) is 34.2 Å². The Balaban J connectivity index is 1.35. The first kappa shape index (κ1) is 39.1. The normalized spacial score (nSPS) is 25.1. The number of likely N-dealkylation sites (N-methyl/N-ethyl adjacent to an activating group) is 1. The van der Waals surface area contributed by atoms with Crippen molar-refractivity contribution in [3.8, 4) is 0 Å². The highest BCUT2D eigenvalue weighted by atomic mass is 16.6. The average molecular weight is 699 g/mol. The van der Waals surface area contributed by atoms with Gasteiger partial charge in [0.05, 0.1) is 10.8 Å². The molecule has 277 valence electrons. The molecular weight excluding hydrogens is 637 g/mol. The monoisotopic (exact) mass is 698 g/mol. The van der Waals surface area contributed by atoms with Crippen LogP contribution < -0.4 is 0 Å². The molecule has 2 aromatic rings. The van der Waals surface area contributed by atoms with Crippen LogP contribution in [0.3, 0.4) is 0 Å². The van der Waals surface area contributed by atoms with E-state index in [4.69, 9.17) is 14.2 Å². The number of nitrogens with zero attached hydrogens (tertiary/aromatic N) is 1. The Morgan fingerprint density at radius 1 is 0.765 bits per heavy atom. The van der Waals surface area contributed by atoms with Crippen LogP contribution in [0, 0.1) is 28.6 Å². The fourth-order valence-electron chi connectivity index (χ4n) is 8.88. The first-order chi connectivity index (χ1) is 24.0. The standard InChI is InChI=1S/C43H61BNO6/c1-9-41(5,38(48)49-23-22-45(7)8)44-30-40(4,37(47)51-43-27-31-24-32(28-43)26-33(25-31)29-43)21-20-39(2,3)36(46)50-42(6,34-16-12-10-13-17-34)35-18-14-11-15-19-35/h10-19,31-33H,9,20-30H2,1-8H3. The van der Waals surface area contributed by atoms with Gasteiger partial charge in [-0.15, -0.1) is 0 Å². The first-order valence-corrected chi connectivity index (χ1v) is 19.3. The van der Waals surface area contributed by atoms with E-state index in [1.54, 1.807) is 0 Å². The van der Waals surface area contributed by atoms with E-state index in [2.05, 4.69) is 0 Å². The van der Waals surface area contributed by atoms with Crippen molar-refractivity contribution in [2.45, 2.75) is 122 Å². The Morgan fingerprint density at radius 3 is 1.75 bits per heavy atom.